The Morgan fingerprint density at radius 2 is 2.00 bits per heavy atom. The first-order valence-corrected chi connectivity index (χ1v) is 5.88. The molecule has 5 nitrogen and oxygen atoms in total. The van der Waals surface area contributed by atoms with E-state index >= 15 is 0 Å². The second-order valence-corrected chi connectivity index (χ2v) is 4.16. The molecule has 5 heteroatoms. The molecule has 2 rings (SSSR count). The van der Waals surface area contributed by atoms with Gasteiger partial charge in [0.25, 0.3) is 5.91 Å². The molecule has 1 aromatic carbocycles. The molecule has 2 aromatic rings. The number of H-pyrrole nitrogens is 1. The first kappa shape index (κ1) is 12.3. The standard InChI is InChI=1S/C13H16N4O/c1-4-11-14-12(16-15-11)13(18)17(3)10-7-5-9(2)6-8-10/h5-8H,4H2,1-3H3,(H,14,15,16). The summed E-state index contributed by atoms with van der Waals surface area (Å²) in [6.07, 6.45) is 0.731. The Morgan fingerprint density at radius 3 is 2.56 bits per heavy atom. The first-order chi connectivity index (χ1) is 8.61. The van der Waals surface area contributed by atoms with Crippen LogP contribution in [0.2, 0.25) is 0 Å². The van der Waals surface area contributed by atoms with Gasteiger partial charge in [-0.1, -0.05) is 24.6 Å². The van der Waals surface area contributed by atoms with Crippen LogP contribution in [0.25, 0.3) is 0 Å². The number of benzene rings is 1. The van der Waals surface area contributed by atoms with Crippen molar-refractivity contribution in [2.24, 2.45) is 0 Å². The smallest absolute Gasteiger partial charge is 0.297 e. The number of anilines is 1. The maximum Gasteiger partial charge on any atom is 0.297 e. The first-order valence-electron chi connectivity index (χ1n) is 5.88. The molecule has 0 atom stereocenters. The minimum absolute atomic E-state index is 0.204. The van der Waals surface area contributed by atoms with Crippen molar-refractivity contribution in [2.75, 3.05) is 11.9 Å². The molecule has 0 aliphatic carbocycles. The molecule has 0 aliphatic rings. The molecule has 1 amide bonds. The fourth-order valence-electron chi connectivity index (χ4n) is 1.58. The maximum atomic E-state index is 12.1. The van der Waals surface area contributed by atoms with Gasteiger partial charge in [-0.05, 0) is 19.1 Å². The number of rotatable bonds is 3. The van der Waals surface area contributed by atoms with Crippen molar-refractivity contribution in [1.29, 1.82) is 0 Å². The molecule has 1 aromatic heterocycles. The largest absolute Gasteiger partial charge is 0.309 e. The molecular formula is C13H16N4O. The highest BCUT2D eigenvalue weighted by molar-refractivity contribution is 6.03. The van der Waals surface area contributed by atoms with Crippen LogP contribution in [-0.2, 0) is 6.42 Å². The van der Waals surface area contributed by atoms with Crippen molar-refractivity contribution in [3.05, 3.63) is 41.5 Å². The average molecular weight is 244 g/mol. The van der Waals surface area contributed by atoms with Crippen molar-refractivity contribution >= 4 is 11.6 Å². The molecule has 0 saturated carbocycles. The minimum Gasteiger partial charge on any atom is -0.309 e. The highest BCUT2D eigenvalue weighted by Gasteiger charge is 2.17. The number of aryl methyl sites for hydroxylation is 2. The van der Waals surface area contributed by atoms with Gasteiger partial charge in [0.15, 0.2) is 0 Å². The third kappa shape index (κ3) is 2.40. The summed E-state index contributed by atoms with van der Waals surface area (Å²) < 4.78 is 0. The summed E-state index contributed by atoms with van der Waals surface area (Å²) in [7, 11) is 1.72. The molecule has 18 heavy (non-hydrogen) atoms. The van der Waals surface area contributed by atoms with E-state index in [1.54, 1.807) is 11.9 Å². The molecule has 94 valence electrons. The van der Waals surface area contributed by atoms with Gasteiger partial charge < -0.3 is 4.90 Å². The van der Waals surface area contributed by atoms with E-state index in [0.29, 0.717) is 0 Å². The van der Waals surface area contributed by atoms with Crippen molar-refractivity contribution in [3.8, 4) is 0 Å². The van der Waals surface area contributed by atoms with Gasteiger partial charge in [-0.25, -0.2) is 4.98 Å². The third-order valence-corrected chi connectivity index (χ3v) is 2.78. The second-order valence-electron chi connectivity index (χ2n) is 4.16. The monoisotopic (exact) mass is 244 g/mol. The van der Waals surface area contributed by atoms with Crippen LogP contribution in [0.1, 0.15) is 28.9 Å². The van der Waals surface area contributed by atoms with Crippen molar-refractivity contribution in [2.45, 2.75) is 20.3 Å². The Morgan fingerprint density at radius 1 is 1.33 bits per heavy atom. The fourth-order valence-corrected chi connectivity index (χ4v) is 1.58. The van der Waals surface area contributed by atoms with Crippen LogP contribution >= 0.6 is 0 Å². The van der Waals surface area contributed by atoms with Crippen LogP contribution in [0.5, 0.6) is 0 Å². The number of hydrogen-bond acceptors (Lipinski definition) is 3. The summed E-state index contributed by atoms with van der Waals surface area (Å²) in [6, 6.07) is 7.74. The number of aromatic amines is 1. The number of carbonyl (C=O) groups is 1. The number of carbonyl (C=O) groups excluding carboxylic acids is 1. The van der Waals surface area contributed by atoms with Crippen molar-refractivity contribution < 1.29 is 4.79 Å². The van der Waals surface area contributed by atoms with E-state index in [0.717, 1.165) is 23.5 Å². The van der Waals surface area contributed by atoms with Gasteiger partial charge in [0.05, 0.1) is 0 Å². The van der Waals surface area contributed by atoms with E-state index < -0.39 is 0 Å². The van der Waals surface area contributed by atoms with E-state index in [1.165, 1.54) is 0 Å². The molecule has 0 bridgehead atoms. The summed E-state index contributed by atoms with van der Waals surface area (Å²) in [6.45, 7) is 3.97. The fraction of sp³-hybridized carbons (Fsp3) is 0.308. The Hall–Kier alpha value is -2.17. The molecular weight excluding hydrogens is 228 g/mol. The molecule has 0 unspecified atom stereocenters. The van der Waals surface area contributed by atoms with Gasteiger partial charge in [-0.2, -0.15) is 0 Å². The topological polar surface area (TPSA) is 61.9 Å². The Balaban J connectivity index is 2.20. The normalized spacial score (nSPS) is 10.4. The quantitative estimate of drug-likeness (QED) is 0.897. The number of aromatic nitrogens is 3. The van der Waals surface area contributed by atoms with Gasteiger partial charge in [-0.15, -0.1) is 5.10 Å². The number of amides is 1. The minimum atomic E-state index is -0.213. The van der Waals surface area contributed by atoms with Crippen LogP contribution < -0.4 is 4.90 Å². The van der Waals surface area contributed by atoms with Gasteiger partial charge in [-0.3, -0.25) is 9.89 Å². The summed E-state index contributed by atoms with van der Waals surface area (Å²) in [5.41, 5.74) is 1.99. The summed E-state index contributed by atoms with van der Waals surface area (Å²) in [4.78, 5) is 17.8. The summed E-state index contributed by atoms with van der Waals surface area (Å²) in [5.74, 6) is 0.709. The average Bonchev–Trinajstić information content (AvgIpc) is 2.86. The van der Waals surface area contributed by atoms with Gasteiger partial charge in [0.1, 0.15) is 5.82 Å². The number of hydrogen-bond donors (Lipinski definition) is 1. The predicted molar refractivity (Wildman–Crippen MR) is 69.7 cm³/mol. The second kappa shape index (κ2) is 5.00. The zero-order valence-electron chi connectivity index (χ0n) is 10.8. The Labute approximate surface area is 106 Å². The third-order valence-electron chi connectivity index (χ3n) is 2.78. The molecule has 0 spiro atoms. The van der Waals surface area contributed by atoms with E-state index in [9.17, 15) is 4.79 Å². The summed E-state index contributed by atoms with van der Waals surface area (Å²) >= 11 is 0. The SMILES string of the molecule is CCc1nc(C(=O)N(C)c2ccc(C)cc2)n[nH]1. The lowest BCUT2D eigenvalue weighted by Gasteiger charge is -2.15. The van der Waals surface area contributed by atoms with Crippen LogP contribution in [0.3, 0.4) is 0 Å². The zero-order valence-corrected chi connectivity index (χ0v) is 10.8. The lowest BCUT2D eigenvalue weighted by Crippen LogP contribution is -2.27. The molecule has 1 N–H and O–H groups in total. The molecule has 0 fully saturated rings. The van der Waals surface area contributed by atoms with Crippen LogP contribution in [0.15, 0.2) is 24.3 Å². The molecule has 1 heterocycles. The number of nitrogens with zero attached hydrogens (tertiary/aromatic N) is 3. The van der Waals surface area contributed by atoms with Gasteiger partial charge in [0.2, 0.25) is 5.82 Å². The number of nitrogens with one attached hydrogen (secondary N) is 1. The van der Waals surface area contributed by atoms with Crippen molar-refractivity contribution in [1.82, 2.24) is 15.2 Å². The van der Waals surface area contributed by atoms with Gasteiger partial charge >= 0.3 is 0 Å². The van der Waals surface area contributed by atoms with E-state index in [2.05, 4.69) is 15.2 Å². The molecule has 0 radical (unpaired) electrons. The molecule has 0 saturated heterocycles. The van der Waals surface area contributed by atoms with Crippen LogP contribution in [-0.4, -0.2) is 28.1 Å². The Kier molecular flexibility index (Phi) is 3.41. The van der Waals surface area contributed by atoms with E-state index in [4.69, 9.17) is 0 Å². The highest BCUT2D eigenvalue weighted by Crippen LogP contribution is 2.15. The van der Waals surface area contributed by atoms with Crippen molar-refractivity contribution in [3.63, 3.8) is 0 Å². The van der Waals surface area contributed by atoms with E-state index in [1.807, 2.05) is 38.1 Å². The molecule has 0 aliphatic heterocycles. The zero-order chi connectivity index (χ0) is 13.1. The van der Waals surface area contributed by atoms with Crippen LogP contribution in [0.4, 0.5) is 5.69 Å². The Bertz CT molecular complexity index is 544. The van der Waals surface area contributed by atoms with E-state index in [-0.39, 0.29) is 11.7 Å². The highest BCUT2D eigenvalue weighted by atomic mass is 16.2. The summed E-state index contributed by atoms with van der Waals surface area (Å²) in [5, 5.41) is 6.67. The lowest BCUT2D eigenvalue weighted by molar-refractivity contribution is 0.0983. The maximum absolute atomic E-state index is 12.1. The predicted octanol–water partition coefficient (Wildman–Crippen LogP) is 1.95. The van der Waals surface area contributed by atoms with Crippen LogP contribution in [0, 0.1) is 6.92 Å². The lowest BCUT2D eigenvalue weighted by atomic mass is 10.2. The van der Waals surface area contributed by atoms with Gasteiger partial charge in [0, 0.05) is 19.2 Å².